The number of rotatable bonds is 6. The maximum atomic E-state index is 11.2. The van der Waals surface area contributed by atoms with E-state index in [0.29, 0.717) is 5.69 Å². The van der Waals surface area contributed by atoms with Crippen LogP contribution >= 0.6 is 0 Å². The molecule has 1 heterocycles. The molecule has 0 saturated carbocycles. The van der Waals surface area contributed by atoms with Crippen molar-refractivity contribution in [3.63, 3.8) is 0 Å². The minimum Gasteiger partial charge on any atom is -0.496 e. The molecule has 0 aliphatic carbocycles. The highest BCUT2D eigenvalue weighted by Crippen LogP contribution is 2.24. The number of benzene rings is 2. The monoisotopic (exact) mass is 375 g/mol. The SMILES string of the molecule is CCCc1c(OC)cccc1-[n+]1cnnn1-c1ccc(S(=O)(=O)O)cc1. The summed E-state index contributed by atoms with van der Waals surface area (Å²) >= 11 is 0. The average Bonchev–Trinajstić information content (AvgIpc) is 3.11. The third-order valence-electron chi connectivity index (χ3n) is 3.94. The Labute approximate surface area is 151 Å². The van der Waals surface area contributed by atoms with Crippen molar-refractivity contribution in [1.82, 2.24) is 15.1 Å². The van der Waals surface area contributed by atoms with Crippen LogP contribution < -0.4 is 9.42 Å². The van der Waals surface area contributed by atoms with Gasteiger partial charge in [0.15, 0.2) is 5.21 Å². The second kappa shape index (κ2) is 7.22. The van der Waals surface area contributed by atoms with Gasteiger partial charge >= 0.3 is 0 Å². The van der Waals surface area contributed by atoms with Gasteiger partial charge in [0.1, 0.15) is 22.2 Å². The van der Waals surface area contributed by atoms with E-state index in [9.17, 15) is 8.42 Å². The lowest BCUT2D eigenvalue weighted by Gasteiger charge is -2.12. The Hall–Kier alpha value is -2.78. The Morgan fingerprint density at radius 2 is 1.92 bits per heavy atom. The zero-order valence-corrected chi connectivity index (χ0v) is 15.2. The van der Waals surface area contributed by atoms with Gasteiger partial charge < -0.3 is 4.74 Å². The van der Waals surface area contributed by atoms with Crippen LogP contribution in [0.5, 0.6) is 5.75 Å². The minimum absolute atomic E-state index is 0.180. The van der Waals surface area contributed by atoms with E-state index < -0.39 is 10.1 Å². The molecule has 0 spiro atoms. The molecule has 1 aromatic heterocycles. The second-order valence-electron chi connectivity index (χ2n) is 5.63. The molecule has 0 amide bonds. The van der Waals surface area contributed by atoms with Crippen molar-refractivity contribution in [1.29, 1.82) is 0 Å². The molecule has 26 heavy (non-hydrogen) atoms. The molecular weight excluding hydrogens is 356 g/mol. The van der Waals surface area contributed by atoms with Crippen molar-refractivity contribution in [3.05, 3.63) is 54.4 Å². The number of nitrogens with zero attached hydrogens (tertiary/aromatic N) is 4. The molecule has 3 aromatic rings. The smallest absolute Gasteiger partial charge is 0.294 e. The summed E-state index contributed by atoms with van der Waals surface area (Å²) in [6, 6.07) is 11.5. The van der Waals surface area contributed by atoms with Crippen LogP contribution in [0.1, 0.15) is 18.9 Å². The normalized spacial score (nSPS) is 11.5. The molecule has 0 aliphatic heterocycles. The Bertz CT molecular complexity index is 1010. The molecule has 0 radical (unpaired) electrons. The Balaban J connectivity index is 2.10. The van der Waals surface area contributed by atoms with Crippen molar-refractivity contribution in [2.24, 2.45) is 0 Å². The summed E-state index contributed by atoms with van der Waals surface area (Å²) in [6.07, 6.45) is 3.34. The number of ether oxygens (including phenoxy) is 1. The highest BCUT2D eigenvalue weighted by Gasteiger charge is 2.20. The summed E-state index contributed by atoms with van der Waals surface area (Å²) in [6.45, 7) is 2.09. The molecule has 8 nitrogen and oxygen atoms in total. The van der Waals surface area contributed by atoms with Gasteiger partial charge in [0, 0.05) is 5.56 Å². The van der Waals surface area contributed by atoms with Gasteiger partial charge in [0.25, 0.3) is 16.4 Å². The van der Waals surface area contributed by atoms with E-state index in [-0.39, 0.29) is 4.90 Å². The van der Waals surface area contributed by atoms with E-state index in [0.717, 1.165) is 29.8 Å². The van der Waals surface area contributed by atoms with Crippen LogP contribution in [0.4, 0.5) is 0 Å². The van der Waals surface area contributed by atoms with E-state index in [1.165, 1.54) is 12.1 Å². The number of methoxy groups -OCH3 is 1. The lowest BCUT2D eigenvalue weighted by molar-refractivity contribution is -0.680. The minimum atomic E-state index is -4.24. The number of aromatic nitrogens is 4. The quantitative estimate of drug-likeness (QED) is 0.521. The zero-order chi connectivity index (χ0) is 18.7. The topological polar surface area (TPSA) is 98.2 Å². The second-order valence-corrected chi connectivity index (χ2v) is 7.05. The molecule has 0 unspecified atom stereocenters. The fourth-order valence-electron chi connectivity index (χ4n) is 2.77. The van der Waals surface area contributed by atoms with Crippen LogP contribution in [0.3, 0.4) is 0 Å². The van der Waals surface area contributed by atoms with Crippen molar-refractivity contribution in [2.45, 2.75) is 24.7 Å². The lowest BCUT2D eigenvalue weighted by Crippen LogP contribution is -2.41. The summed E-state index contributed by atoms with van der Waals surface area (Å²) in [5, 5.41) is 8.06. The van der Waals surface area contributed by atoms with E-state index in [1.807, 2.05) is 18.2 Å². The van der Waals surface area contributed by atoms with Crippen molar-refractivity contribution in [2.75, 3.05) is 7.11 Å². The predicted molar refractivity (Wildman–Crippen MR) is 93.3 cm³/mol. The first-order valence-corrected chi connectivity index (χ1v) is 9.46. The lowest BCUT2D eigenvalue weighted by atomic mass is 10.1. The fourth-order valence-corrected chi connectivity index (χ4v) is 3.25. The summed E-state index contributed by atoms with van der Waals surface area (Å²) in [5.41, 5.74) is 2.50. The molecule has 0 aliphatic rings. The zero-order valence-electron chi connectivity index (χ0n) is 14.4. The van der Waals surface area contributed by atoms with Crippen molar-refractivity contribution < 1.29 is 22.4 Å². The molecule has 0 saturated heterocycles. The Morgan fingerprint density at radius 3 is 2.54 bits per heavy atom. The highest BCUT2D eigenvalue weighted by atomic mass is 32.2. The Kier molecular flexibility index (Phi) is 5.01. The van der Waals surface area contributed by atoms with Crippen LogP contribution in [0, 0.1) is 0 Å². The van der Waals surface area contributed by atoms with Gasteiger partial charge in [-0.25, -0.2) is 0 Å². The van der Waals surface area contributed by atoms with Gasteiger partial charge in [-0.05, 0) is 47.6 Å². The molecule has 2 aromatic carbocycles. The first-order chi connectivity index (χ1) is 12.5. The van der Waals surface area contributed by atoms with E-state index >= 15 is 0 Å². The van der Waals surface area contributed by atoms with Gasteiger partial charge in [0.2, 0.25) is 0 Å². The Morgan fingerprint density at radius 1 is 1.19 bits per heavy atom. The molecule has 1 N–H and O–H groups in total. The third kappa shape index (κ3) is 3.44. The number of hydrogen-bond donors (Lipinski definition) is 1. The summed E-state index contributed by atoms with van der Waals surface area (Å²) in [5.74, 6) is 0.784. The van der Waals surface area contributed by atoms with Crippen molar-refractivity contribution >= 4 is 10.1 Å². The summed E-state index contributed by atoms with van der Waals surface area (Å²) in [4.78, 5) is 1.36. The fraction of sp³-hybridized carbons (Fsp3) is 0.235. The van der Waals surface area contributed by atoms with Crippen LogP contribution in [0.2, 0.25) is 0 Å². The maximum Gasteiger partial charge on any atom is 0.294 e. The molecule has 9 heteroatoms. The molecule has 136 valence electrons. The highest BCUT2D eigenvalue weighted by molar-refractivity contribution is 7.85. The third-order valence-corrected chi connectivity index (χ3v) is 4.81. The van der Waals surface area contributed by atoms with E-state index in [2.05, 4.69) is 17.2 Å². The van der Waals surface area contributed by atoms with Crippen LogP contribution in [-0.4, -0.2) is 35.2 Å². The predicted octanol–water partition coefficient (Wildman–Crippen LogP) is 1.75. The largest absolute Gasteiger partial charge is 0.496 e. The van der Waals surface area contributed by atoms with Crippen LogP contribution in [0.25, 0.3) is 11.4 Å². The number of hydrogen-bond acceptors (Lipinski definition) is 5. The first kappa shape index (κ1) is 18.0. The molecular formula is C17H19N4O4S+. The number of tetrazole rings is 1. The van der Waals surface area contributed by atoms with E-state index in [4.69, 9.17) is 9.29 Å². The van der Waals surface area contributed by atoms with Gasteiger partial charge in [-0.15, -0.1) is 4.68 Å². The summed E-state index contributed by atoms with van der Waals surface area (Å²) < 4.78 is 38.8. The van der Waals surface area contributed by atoms with Gasteiger partial charge in [0.05, 0.1) is 12.0 Å². The molecule has 0 fully saturated rings. The van der Waals surface area contributed by atoms with Crippen LogP contribution in [-0.2, 0) is 16.5 Å². The molecule has 0 bridgehead atoms. The van der Waals surface area contributed by atoms with Gasteiger partial charge in [-0.1, -0.05) is 19.4 Å². The molecule has 0 atom stereocenters. The van der Waals surface area contributed by atoms with E-state index in [1.54, 1.807) is 35.0 Å². The van der Waals surface area contributed by atoms with Crippen LogP contribution in [0.15, 0.2) is 53.7 Å². The standard InChI is InChI=1S/C17H18N4O4S/c1-3-5-15-16(6-4-7-17(15)25-2)20-12-18-19-21(20)13-8-10-14(11-9-13)26(22,23)24/h4,6-12H,3,5H2,1-2H3/p+1. The van der Waals surface area contributed by atoms with Crippen molar-refractivity contribution in [3.8, 4) is 17.1 Å². The summed E-state index contributed by atoms with van der Waals surface area (Å²) in [7, 11) is -2.61. The first-order valence-electron chi connectivity index (χ1n) is 8.02. The average molecular weight is 375 g/mol. The van der Waals surface area contributed by atoms with Gasteiger partial charge in [-0.2, -0.15) is 8.42 Å². The molecule has 3 rings (SSSR count). The van der Waals surface area contributed by atoms with Gasteiger partial charge in [-0.3, -0.25) is 4.55 Å². The maximum absolute atomic E-state index is 11.2.